The van der Waals surface area contributed by atoms with Gasteiger partial charge in [-0.25, -0.2) is 0 Å². The van der Waals surface area contributed by atoms with Gasteiger partial charge in [-0.05, 0) is 45.7 Å². The van der Waals surface area contributed by atoms with E-state index in [1.165, 1.54) is 16.5 Å². The lowest BCUT2D eigenvalue weighted by atomic mass is 9.91. The zero-order valence-electron chi connectivity index (χ0n) is 13.7. The maximum atomic E-state index is 3.74. The number of hydrogen-bond acceptors (Lipinski definition) is 2. The largest absolute Gasteiger partial charge is 0.361 e. The molecule has 1 aromatic carbocycles. The molecule has 2 heterocycles. The molecule has 0 atom stereocenters. The summed E-state index contributed by atoms with van der Waals surface area (Å²) < 4.78 is 0. The molecule has 0 aliphatic carbocycles. The van der Waals surface area contributed by atoms with E-state index in [-0.39, 0.29) is 11.1 Å². The standard InChI is InChI=1S/C18H27N3/c1-17(2)12-21(13-18(3,4)20-17)10-9-14-11-19-16-8-6-5-7-15(14)16/h5-8,11,19-20H,9-10,12-13H2,1-4H3. The molecule has 0 radical (unpaired) electrons. The first-order valence-electron chi connectivity index (χ1n) is 7.91. The van der Waals surface area contributed by atoms with E-state index < -0.39 is 0 Å². The van der Waals surface area contributed by atoms with E-state index in [1.54, 1.807) is 0 Å². The minimum atomic E-state index is 0.183. The molecule has 0 amide bonds. The lowest BCUT2D eigenvalue weighted by Crippen LogP contribution is -2.66. The first-order valence-corrected chi connectivity index (χ1v) is 7.91. The minimum Gasteiger partial charge on any atom is -0.361 e. The van der Waals surface area contributed by atoms with Gasteiger partial charge >= 0.3 is 0 Å². The Morgan fingerprint density at radius 2 is 1.71 bits per heavy atom. The summed E-state index contributed by atoms with van der Waals surface area (Å²) in [6, 6.07) is 8.57. The quantitative estimate of drug-likeness (QED) is 0.907. The van der Waals surface area contributed by atoms with Gasteiger partial charge < -0.3 is 10.3 Å². The second-order valence-electron chi connectivity index (χ2n) is 7.71. The summed E-state index contributed by atoms with van der Waals surface area (Å²) in [5, 5.41) is 5.10. The topological polar surface area (TPSA) is 31.1 Å². The Morgan fingerprint density at radius 1 is 1.05 bits per heavy atom. The summed E-state index contributed by atoms with van der Waals surface area (Å²) in [4.78, 5) is 5.97. The summed E-state index contributed by atoms with van der Waals surface area (Å²) in [6.45, 7) is 12.5. The normalized spacial score (nSPS) is 21.7. The van der Waals surface area contributed by atoms with E-state index in [2.05, 4.69) is 73.4 Å². The molecule has 3 nitrogen and oxygen atoms in total. The summed E-state index contributed by atoms with van der Waals surface area (Å²) in [7, 11) is 0. The number of benzene rings is 1. The van der Waals surface area contributed by atoms with E-state index >= 15 is 0 Å². The van der Waals surface area contributed by atoms with E-state index in [0.29, 0.717) is 0 Å². The number of hydrogen-bond donors (Lipinski definition) is 2. The molecule has 3 rings (SSSR count). The van der Waals surface area contributed by atoms with E-state index in [4.69, 9.17) is 0 Å². The van der Waals surface area contributed by atoms with Crippen LogP contribution in [0.1, 0.15) is 33.3 Å². The van der Waals surface area contributed by atoms with Crippen molar-refractivity contribution in [3.8, 4) is 0 Å². The average Bonchev–Trinajstić information content (AvgIpc) is 2.76. The number of rotatable bonds is 3. The Kier molecular flexibility index (Phi) is 3.58. The van der Waals surface area contributed by atoms with Crippen LogP contribution in [0.5, 0.6) is 0 Å². The molecule has 1 fully saturated rings. The third-order valence-electron chi connectivity index (χ3n) is 4.29. The second-order valence-corrected chi connectivity index (χ2v) is 7.71. The zero-order valence-corrected chi connectivity index (χ0v) is 13.7. The van der Waals surface area contributed by atoms with Gasteiger partial charge in [-0.2, -0.15) is 0 Å². The molecule has 3 heteroatoms. The molecule has 1 aliphatic heterocycles. The van der Waals surface area contributed by atoms with Gasteiger partial charge in [-0.15, -0.1) is 0 Å². The predicted molar refractivity (Wildman–Crippen MR) is 89.7 cm³/mol. The molecular formula is C18H27N3. The number of aromatic nitrogens is 1. The van der Waals surface area contributed by atoms with Gasteiger partial charge in [-0.1, -0.05) is 18.2 Å². The Bertz CT molecular complexity index is 608. The number of H-pyrrole nitrogens is 1. The van der Waals surface area contributed by atoms with E-state index in [0.717, 1.165) is 26.1 Å². The lowest BCUT2D eigenvalue weighted by molar-refractivity contribution is 0.0792. The Morgan fingerprint density at radius 3 is 2.43 bits per heavy atom. The van der Waals surface area contributed by atoms with Gasteiger partial charge in [0.2, 0.25) is 0 Å². The van der Waals surface area contributed by atoms with Gasteiger partial charge in [0.1, 0.15) is 0 Å². The van der Waals surface area contributed by atoms with Gasteiger partial charge in [0.05, 0.1) is 0 Å². The van der Waals surface area contributed by atoms with Crippen molar-refractivity contribution in [2.75, 3.05) is 19.6 Å². The molecule has 2 N–H and O–H groups in total. The Balaban J connectivity index is 1.70. The maximum absolute atomic E-state index is 3.74. The van der Waals surface area contributed by atoms with Gasteiger partial charge in [-0.3, -0.25) is 4.90 Å². The Labute approximate surface area is 127 Å². The predicted octanol–water partition coefficient (Wildman–Crippen LogP) is 3.17. The molecule has 2 aromatic rings. The van der Waals surface area contributed by atoms with Crippen LogP contribution in [-0.4, -0.2) is 40.6 Å². The van der Waals surface area contributed by atoms with Crippen molar-refractivity contribution in [2.24, 2.45) is 0 Å². The van der Waals surface area contributed by atoms with Gasteiger partial charge in [0.25, 0.3) is 0 Å². The minimum absolute atomic E-state index is 0.183. The molecule has 1 aromatic heterocycles. The van der Waals surface area contributed by atoms with Crippen molar-refractivity contribution in [1.29, 1.82) is 0 Å². The number of para-hydroxylation sites is 1. The molecule has 0 spiro atoms. The SMILES string of the molecule is CC1(C)CN(CCc2c[nH]c3ccccc23)CC(C)(C)N1. The smallest absolute Gasteiger partial charge is 0.0456 e. The highest BCUT2D eigenvalue weighted by molar-refractivity contribution is 5.83. The fourth-order valence-electron chi connectivity index (χ4n) is 3.94. The molecule has 1 saturated heterocycles. The third-order valence-corrected chi connectivity index (χ3v) is 4.29. The second kappa shape index (κ2) is 5.15. The molecule has 21 heavy (non-hydrogen) atoms. The maximum Gasteiger partial charge on any atom is 0.0456 e. The van der Waals surface area contributed by atoms with E-state index in [9.17, 15) is 0 Å². The highest BCUT2D eigenvalue weighted by atomic mass is 15.3. The van der Waals surface area contributed by atoms with Crippen molar-refractivity contribution in [3.63, 3.8) is 0 Å². The van der Waals surface area contributed by atoms with Crippen molar-refractivity contribution in [1.82, 2.24) is 15.2 Å². The third kappa shape index (κ3) is 3.30. The van der Waals surface area contributed by atoms with E-state index in [1.807, 2.05) is 0 Å². The van der Waals surface area contributed by atoms with Crippen molar-refractivity contribution < 1.29 is 0 Å². The van der Waals surface area contributed by atoms with Crippen molar-refractivity contribution in [2.45, 2.75) is 45.2 Å². The van der Waals surface area contributed by atoms with Gasteiger partial charge in [0.15, 0.2) is 0 Å². The van der Waals surface area contributed by atoms with Crippen LogP contribution >= 0.6 is 0 Å². The van der Waals surface area contributed by atoms with Crippen LogP contribution in [0.2, 0.25) is 0 Å². The van der Waals surface area contributed by atoms with Crippen LogP contribution in [-0.2, 0) is 6.42 Å². The van der Waals surface area contributed by atoms with Crippen LogP contribution in [0.3, 0.4) is 0 Å². The first kappa shape index (κ1) is 14.6. The number of fused-ring (bicyclic) bond motifs is 1. The molecule has 0 saturated carbocycles. The molecule has 1 aliphatic rings. The number of piperazine rings is 1. The van der Waals surface area contributed by atoms with Crippen LogP contribution in [0, 0.1) is 0 Å². The highest BCUT2D eigenvalue weighted by Gasteiger charge is 2.36. The first-order chi connectivity index (χ1) is 9.85. The fourth-order valence-corrected chi connectivity index (χ4v) is 3.94. The number of aromatic amines is 1. The van der Waals surface area contributed by atoms with Crippen molar-refractivity contribution in [3.05, 3.63) is 36.0 Å². The zero-order chi connectivity index (χ0) is 15.1. The van der Waals surface area contributed by atoms with Crippen LogP contribution in [0.4, 0.5) is 0 Å². The summed E-state index contributed by atoms with van der Waals surface area (Å²) in [6.07, 6.45) is 3.28. The molecule has 0 unspecified atom stereocenters. The van der Waals surface area contributed by atoms with Crippen molar-refractivity contribution >= 4 is 10.9 Å². The number of nitrogens with one attached hydrogen (secondary N) is 2. The monoisotopic (exact) mass is 285 g/mol. The summed E-state index contributed by atoms with van der Waals surface area (Å²) in [5.74, 6) is 0. The molecule has 114 valence electrons. The van der Waals surface area contributed by atoms with Crippen LogP contribution in [0.25, 0.3) is 10.9 Å². The molecular weight excluding hydrogens is 258 g/mol. The van der Waals surface area contributed by atoms with Crippen LogP contribution in [0.15, 0.2) is 30.5 Å². The average molecular weight is 285 g/mol. The number of nitrogens with zero attached hydrogens (tertiary/aromatic N) is 1. The van der Waals surface area contributed by atoms with Gasteiger partial charge in [0, 0.05) is 47.8 Å². The Hall–Kier alpha value is -1.32. The summed E-state index contributed by atoms with van der Waals surface area (Å²) >= 11 is 0. The summed E-state index contributed by atoms with van der Waals surface area (Å²) in [5.41, 5.74) is 3.04. The molecule has 0 bridgehead atoms. The van der Waals surface area contributed by atoms with Crippen LogP contribution < -0.4 is 5.32 Å². The fraction of sp³-hybridized carbons (Fsp3) is 0.556. The highest BCUT2D eigenvalue weighted by Crippen LogP contribution is 2.22. The lowest BCUT2D eigenvalue weighted by Gasteiger charge is -2.48.